The lowest BCUT2D eigenvalue weighted by Crippen LogP contribution is -2.33. The maximum absolute atomic E-state index is 14.5. The Labute approximate surface area is 710 Å². The molecule has 1 aliphatic carbocycles. The van der Waals surface area contributed by atoms with Gasteiger partial charge in [0.1, 0.15) is 0 Å². The summed E-state index contributed by atoms with van der Waals surface area (Å²) in [5.74, 6) is 5.50. The highest BCUT2D eigenvalue weighted by atomic mass is 35.5. The number of alkyl halides is 3. The molecule has 6 aromatic carbocycles. The van der Waals surface area contributed by atoms with Crippen LogP contribution in [0.1, 0.15) is 87.6 Å². The molecule has 18 aromatic rings. The van der Waals surface area contributed by atoms with Crippen LogP contribution in [0.3, 0.4) is 0 Å². The first-order valence-electron chi connectivity index (χ1n) is 40.7. The zero-order chi connectivity index (χ0) is 86.1. The molecule has 12 aromatic heterocycles. The number of halogens is 4. The topological polar surface area (TPSA) is 504 Å². The Morgan fingerprint density at radius 2 is 1.04 bits per heavy atom. The molecule has 0 radical (unpaired) electrons. The minimum atomic E-state index is -4.80. The van der Waals surface area contributed by atoms with Gasteiger partial charge < -0.3 is 41.7 Å². The third-order valence-electron chi connectivity index (χ3n) is 21.6. The van der Waals surface area contributed by atoms with E-state index >= 15 is 0 Å². The highest BCUT2D eigenvalue weighted by Gasteiger charge is 2.38. The van der Waals surface area contributed by atoms with E-state index in [4.69, 9.17) is 11.6 Å². The molecule has 13 heterocycles. The molecular formula is C84H85ClF3N33O4. The zero-order valence-corrected chi connectivity index (χ0v) is 68.4. The monoisotopic (exact) mass is 1710 g/mol. The molecule has 0 unspecified atom stereocenters. The average Bonchev–Trinajstić information content (AvgIpc) is 1.70. The molecule has 0 amide bonds. The van der Waals surface area contributed by atoms with Crippen LogP contribution >= 0.6 is 11.6 Å². The summed E-state index contributed by atoms with van der Waals surface area (Å²) in [5, 5.41) is 106. The number of aromatic nitrogens is 25. The van der Waals surface area contributed by atoms with Crippen LogP contribution in [-0.4, -0.2) is 191 Å². The van der Waals surface area contributed by atoms with Crippen molar-refractivity contribution >= 4 is 135 Å². The largest absolute Gasteiger partial charge is 0.417 e. The molecule has 37 nitrogen and oxygen atoms in total. The number of likely N-dealkylation sites (tertiary alicyclic amines) is 1. The van der Waals surface area contributed by atoms with Gasteiger partial charge in [-0.25, -0.2) is 4.98 Å². The number of hydrogen-bond donors (Lipinski definition) is 18. The maximum Gasteiger partial charge on any atom is 0.417 e. The number of anilines is 10. The van der Waals surface area contributed by atoms with Crippen molar-refractivity contribution in [1.82, 2.24) is 137 Å². The summed E-state index contributed by atoms with van der Waals surface area (Å²) in [6.45, 7) is 6.81. The van der Waals surface area contributed by atoms with Gasteiger partial charge in [-0.2, -0.15) is 43.8 Å². The van der Waals surface area contributed by atoms with E-state index in [2.05, 4.69) is 182 Å². The second-order valence-corrected chi connectivity index (χ2v) is 30.8. The van der Waals surface area contributed by atoms with Crippen molar-refractivity contribution in [3.05, 3.63) is 215 Å². The molecule has 20 rings (SSSR count). The van der Waals surface area contributed by atoms with Crippen LogP contribution in [0.2, 0.25) is 5.02 Å². The first-order valence-corrected chi connectivity index (χ1v) is 41.0. The normalized spacial score (nSPS) is 13.2. The summed E-state index contributed by atoms with van der Waals surface area (Å²) in [7, 11) is 4.00. The van der Waals surface area contributed by atoms with Gasteiger partial charge in [0.15, 0.2) is 52.4 Å². The Morgan fingerprint density at radius 1 is 0.472 bits per heavy atom. The fourth-order valence-corrected chi connectivity index (χ4v) is 15.6. The molecule has 1 aliphatic heterocycles. The number of benzene rings is 6. The van der Waals surface area contributed by atoms with Crippen molar-refractivity contribution in [2.75, 3.05) is 85.3 Å². The molecular weight excluding hydrogens is 1630 g/mol. The molecule has 41 heteroatoms. The van der Waals surface area contributed by atoms with E-state index < -0.39 is 22.7 Å². The summed E-state index contributed by atoms with van der Waals surface area (Å²) in [6.07, 6.45) is 10.1. The predicted molar refractivity (Wildman–Crippen MR) is 476 cm³/mol. The van der Waals surface area contributed by atoms with Crippen LogP contribution in [0.15, 0.2) is 171 Å². The summed E-state index contributed by atoms with van der Waals surface area (Å²) in [4.78, 5) is 57.2. The Bertz CT molecular complexity index is 7090. The Hall–Kier alpha value is -15.2. The summed E-state index contributed by atoms with van der Waals surface area (Å²) in [5.41, 5.74) is 8.28. The van der Waals surface area contributed by atoms with Gasteiger partial charge in [0.25, 0.3) is 22.2 Å². The van der Waals surface area contributed by atoms with Gasteiger partial charge in [-0.05, 0) is 156 Å². The number of nitrogens with zero attached hydrogens (tertiary/aromatic N) is 15. The van der Waals surface area contributed by atoms with Crippen molar-refractivity contribution in [2.45, 2.75) is 83.2 Å². The number of H-pyrrole nitrogens is 12. The third-order valence-corrected chi connectivity index (χ3v) is 22.0. The van der Waals surface area contributed by atoms with E-state index in [1.54, 1.807) is 18.5 Å². The summed E-state index contributed by atoms with van der Waals surface area (Å²) < 4.78 is 43.4. The van der Waals surface area contributed by atoms with E-state index in [-0.39, 0.29) is 45.0 Å². The van der Waals surface area contributed by atoms with Gasteiger partial charge in [0.2, 0.25) is 5.95 Å². The molecule has 18 N–H and O–H groups in total. The summed E-state index contributed by atoms with van der Waals surface area (Å²) in [6, 6.07) is 42.1. The number of aromatic amines is 12. The van der Waals surface area contributed by atoms with Crippen LogP contribution in [-0.2, 0) is 12.6 Å². The van der Waals surface area contributed by atoms with E-state index in [1.165, 1.54) is 56.0 Å². The smallest absolute Gasteiger partial charge is 0.367 e. The lowest BCUT2D eigenvalue weighted by atomic mass is 9.96. The number of unbranched alkanes of at least 4 members (excludes halogenated alkanes) is 1. The molecule has 1 saturated carbocycles. The van der Waals surface area contributed by atoms with Crippen molar-refractivity contribution in [2.24, 2.45) is 0 Å². The lowest BCUT2D eigenvalue weighted by Gasteiger charge is -2.26. The van der Waals surface area contributed by atoms with Gasteiger partial charge in [-0.1, -0.05) is 92.7 Å². The predicted octanol–water partition coefficient (Wildman–Crippen LogP) is 14.4. The number of piperidine rings is 1. The van der Waals surface area contributed by atoms with E-state index in [1.807, 2.05) is 123 Å². The number of para-hydroxylation sites is 2. The number of hydrogen-bond acceptors (Lipinski definition) is 25. The number of nitrogens with one attached hydrogen (secondary N) is 18. The highest BCUT2D eigenvalue weighted by Crippen LogP contribution is 2.44. The van der Waals surface area contributed by atoms with Crippen LogP contribution in [0.25, 0.3) is 110 Å². The molecule has 2 aliphatic rings. The minimum Gasteiger partial charge on any atom is -0.367 e. The third kappa shape index (κ3) is 18.7. The van der Waals surface area contributed by atoms with Crippen molar-refractivity contribution < 1.29 is 13.2 Å². The number of fused-ring (bicyclic) bond motifs is 6. The zero-order valence-electron chi connectivity index (χ0n) is 67.7. The molecule has 0 atom stereocenters. The van der Waals surface area contributed by atoms with Gasteiger partial charge in [0, 0.05) is 94.2 Å². The van der Waals surface area contributed by atoms with E-state index in [0.717, 1.165) is 125 Å². The Kier molecular flexibility index (Phi) is 24.1. The SMILES string of the molecule is CCCCc1cc(Nc2nncc(-c3ccc4[nH][nH]c(=O)c4c3)n2)n[nH]1.CN(C)CCNc1nnc(Nc2n[nH]c3ccccc23)cc1-c1ccc2[nH][nH]c(=O)c2c1Cl.O=c1[nH][nH]c2ccc(-c3cc(Nc4n[nH]c5ccccc45)nnc3NCCN3CCCCC3)c(C(F)(F)F)c12.O=c1[nH][nH]c2ccc(-c3cnnc(Nc4cc(C5CCCC5)[nH]n4)c3)cc12. The molecule has 638 valence electrons. The van der Waals surface area contributed by atoms with E-state index in [9.17, 15) is 32.3 Å². The first-order chi connectivity index (χ1) is 60.9. The Morgan fingerprint density at radius 3 is 1.70 bits per heavy atom. The van der Waals surface area contributed by atoms with Gasteiger partial charge in [-0.15, -0.1) is 30.6 Å². The van der Waals surface area contributed by atoms with Crippen LogP contribution in [0, 0.1) is 0 Å². The molecule has 0 bridgehead atoms. The highest BCUT2D eigenvalue weighted by molar-refractivity contribution is 6.38. The van der Waals surface area contributed by atoms with E-state index in [0.29, 0.717) is 97.8 Å². The maximum atomic E-state index is 14.5. The lowest BCUT2D eigenvalue weighted by molar-refractivity contribution is -0.135. The summed E-state index contributed by atoms with van der Waals surface area (Å²) >= 11 is 6.69. The number of likely N-dealkylation sites (N-methyl/N-ethyl adjacent to an activating group) is 1. The van der Waals surface area contributed by atoms with Gasteiger partial charge >= 0.3 is 6.18 Å². The number of aryl methyl sites for hydroxylation is 1. The van der Waals surface area contributed by atoms with Crippen molar-refractivity contribution in [3.8, 4) is 44.6 Å². The molecule has 2 fully saturated rings. The average molecular weight is 1710 g/mol. The fraction of sp³-hybridized carbons (Fsp3) is 0.250. The fourth-order valence-electron chi connectivity index (χ4n) is 15.3. The quantitative estimate of drug-likeness (QED) is 0.0267. The second kappa shape index (κ2) is 36.6. The standard InChI is InChI=1S/C26H26F3N9O.C22H22ClN9O.C19H19N7O.C17H18N8O/c27-26(28,29)22-15(8-9-19-21(22)25(39)37-33-19)17-14-20(31-24-16-6-2-3-7-18(16)32-36-24)34-35-23(17)30-10-13-38-11-4-1-5-12-38;1-32(2)10-9-24-20-14(12-7-8-16-18(19(12)23)22(33)31-27-16)11-17(28-29-20)25-21-13-5-3-4-6-15(13)26-30-21;27-19-14-7-12(5-6-15(14)22-26-19)13-8-17(24-20-10-13)21-18-9-16(23-25-18)11-3-1-2-4-11;1-2-3-4-11-8-15(23-21-11)20-17-19-14(9-18-25-17)10-5-6-13-12(7-10)16(26)24-22-13/h2-3,6-9,14H,1,4-5,10-13H2,(H,30,35)(H2,33,37,39)(H2,31,32,34,36);3-8,11H,9-10H2,1-2H3,(H,24,29)(H2,27,31,33)(H2,25,26,28,30);5-11H,1-4H2,(H2,22,26,27)(H2,21,23,24,25);5-9H,2-4H2,1H3,(H2,22,24,26)(H2,19,20,21,23,25). The van der Waals surface area contributed by atoms with Crippen LogP contribution in [0.4, 0.5) is 71.5 Å². The number of rotatable bonds is 24. The second-order valence-electron chi connectivity index (χ2n) is 30.4. The molecule has 0 spiro atoms. The van der Waals surface area contributed by atoms with Crippen molar-refractivity contribution in [3.63, 3.8) is 0 Å². The Balaban J connectivity index is 0.000000119. The van der Waals surface area contributed by atoms with Gasteiger partial charge in [0.05, 0.1) is 83.3 Å². The molecule has 125 heavy (non-hydrogen) atoms. The van der Waals surface area contributed by atoms with Crippen LogP contribution < -0.4 is 54.1 Å². The van der Waals surface area contributed by atoms with Crippen LogP contribution in [0.5, 0.6) is 0 Å². The molecule has 1 saturated heterocycles. The minimum absolute atomic E-state index is 0.0686. The van der Waals surface area contributed by atoms with Gasteiger partial charge in [-0.3, -0.25) is 80.4 Å². The first kappa shape index (κ1) is 82.1. The van der Waals surface area contributed by atoms with Crippen molar-refractivity contribution in [1.29, 1.82) is 0 Å².